The number of benzene rings is 1. The van der Waals surface area contributed by atoms with Gasteiger partial charge in [0.05, 0.1) is 17.9 Å². The quantitative estimate of drug-likeness (QED) is 0.232. The first kappa shape index (κ1) is 34.1. The molecule has 9 heteroatoms. The van der Waals surface area contributed by atoms with Crippen LogP contribution in [0.1, 0.15) is 65.9 Å². The van der Waals surface area contributed by atoms with Gasteiger partial charge in [0.15, 0.2) is 6.61 Å². The number of carbonyl (C=O) groups is 2. The van der Waals surface area contributed by atoms with E-state index in [1.165, 1.54) is 0 Å². The molecule has 0 radical (unpaired) electrons. The minimum atomic E-state index is -0.844. The van der Waals surface area contributed by atoms with Gasteiger partial charge in [0.2, 0.25) is 0 Å². The van der Waals surface area contributed by atoms with Gasteiger partial charge in [0.25, 0.3) is 5.91 Å². The molecular weight excluding hydrogens is 524 g/mol. The molecule has 2 amide bonds. The van der Waals surface area contributed by atoms with Gasteiger partial charge in [-0.2, -0.15) is 0 Å². The summed E-state index contributed by atoms with van der Waals surface area (Å²) < 4.78 is 16.0. The van der Waals surface area contributed by atoms with Crippen molar-refractivity contribution < 1.29 is 34.0 Å². The maximum Gasteiger partial charge on any atom is 0.404 e. The van der Waals surface area contributed by atoms with Crippen LogP contribution in [0.3, 0.4) is 0 Å². The molecule has 1 aliphatic heterocycles. The van der Waals surface area contributed by atoms with Gasteiger partial charge in [-0.05, 0) is 49.8 Å². The van der Waals surface area contributed by atoms with E-state index in [9.17, 15) is 19.8 Å². The van der Waals surface area contributed by atoms with E-state index in [-0.39, 0.29) is 37.0 Å². The number of aliphatic hydroxyl groups is 2. The van der Waals surface area contributed by atoms with Crippen molar-refractivity contribution in [2.75, 3.05) is 25.3 Å². The molecule has 9 nitrogen and oxygen atoms in total. The van der Waals surface area contributed by atoms with Gasteiger partial charge in [-0.3, -0.25) is 9.69 Å². The average molecular weight is 573 g/mol. The van der Waals surface area contributed by atoms with Gasteiger partial charge in [0.1, 0.15) is 18.6 Å². The molecule has 41 heavy (non-hydrogen) atoms. The number of ether oxygens (including phenoxy) is 3. The third-order valence-electron chi connectivity index (χ3n) is 7.42. The minimum absolute atomic E-state index is 0.0137. The second-order valence-electron chi connectivity index (χ2n) is 11.0. The Kier molecular flexibility index (Phi) is 14.1. The summed E-state index contributed by atoms with van der Waals surface area (Å²) in [6.07, 6.45) is 9.63. The number of primary amides is 1. The highest BCUT2D eigenvalue weighted by Gasteiger charge is 2.30. The lowest BCUT2D eigenvalue weighted by molar-refractivity contribution is -0.122. The first-order valence-corrected chi connectivity index (χ1v) is 14.4. The van der Waals surface area contributed by atoms with Gasteiger partial charge in [0, 0.05) is 25.4 Å². The zero-order valence-electron chi connectivity index (χ0n) is 25.3. The topological polar surface area (TPSA) is 132 Å². The van der Waals surface area contributed by atoms with Crippen molar-refractivity contribution in [2.24, 2.45) is 23.5 Å². The van der Waals surface area contributed by atoms with E-state index >= 15 is 0 Å². The maximum atomic E-state index is 12.2. The molecule has 0 spiro atoms. The van der Waals surface area contributed by atoms with Crippen molar-refractivity contribution >= 4 is 23.8 Å². The molecule has 0 aromatic heterocycles. The fraction of sp³-hybridized carbons (Fsp3) is 0.562. The predicted molar refractivity (Wildman–Crippen MR) is 161 cm³/mol. The van der Waals surface area contributed by atoms with Crippen LogP contribution in [0.5, 0.6) is 5.75 Å². The van der Waals surface area contributed by atoms with Gasteiger partial charge in [-0.25, -0.2) is 4.79 Å². The second-order valence-corrected chi connectivity index (χ2v) is 11.0. The number of hydrogen-bond donors (Lipinski definition) is 3. The number of rotatable bonds is 16. The third-order valence-corrected chi connectivity index (χ3v) is 7.42. The number of aliphatic hydroxyl groups excluding tert-OH is 2. The number of nitrogens with zero attached hydrogens (tertiary/aromatic N) is 1. The number of carbonyl (C=O) groups excluding carboxylic acids is 2. The Labute approximate surface area is 244 Å². The van der Waals surface area contributed by atoms with E-state index in [0.717, 1.165) is 17.6 Å². The molecule has 1 aromatic carbocycles. The van der Waals surface area contributed by atoms with Crippen molar-refractivity contribution in [3.05, 3.63) is 53.6 Å². The number of fused-ring (bicyclic) bond motifs is 1. The van der Waals surface area contributed by atoms with Crippen LogP contribution in [0.25, 0.3) is 6.08 Å². The van der Waals surface area contributed by atoms with Crippen LogP contribution in [0.15, 0.2) is 48.1 Å². The summed E-state index contributed by atoms with van der Waals surface area (Å²) >= 11 is 0. The van der Waals surface area contributed by atoms with E-state index in [2.05, 4.69) is 0 Å². The summed E-state index contributed by atoms with van der Waals surface area (Å²) in [5, 5.41) is 21.8. The van der Waals surface area contributed by atoms with Crippen molar-refractivity contribution in [1.82, 2.24) is 0 Å². The number of nitrogens with two attached hydrogens (primary N) is 1. The molecule has 0 fully saturated rings. The number of anilines is 1. The van der Waals surface area contributed by atoms with Gasteiger partial charge >= 0.3 is 6.09 Å². The van der Waals surface area contributed by atoms with Crippen LogP contribution < -0.4 is 15.4 Å². The molecule has 4 N–H and O–H groups in total. The van der Waals surface area contributed by atoms with Gasteiger partial charge in [-0.1, -0.05) is 69.7 Å². The van der Waals surface area contributed by atoms with E-state index in [1.54, 1.807) is 12.0 Å². The lowest BCUT2D eigenvalue weighted by atomic mass is 9.84. The Hall–Kier alpha value is -3.14. The lowest BCUT2D eigenvalue weighted by Crippen LogP contribution is -2.39. The van der Waals surface area contributed by atoms with Crippen LogP contribution in [0.2, 0.25) is 0 Å². The summed E-state index contributed by atoms with van der Waals surface area (Å²) in [5.41, 5.74) is 7.87. The Morgan fingerprint density at radius 1 is 1.17 bits per heavy atom. The predicted octanol–water partition coefficient (Wildman–Crippen LogP) is 5.21. The van der Waals surface area contributed by atoms with Crippen molar-refractivity contribution in [1.29, 1.82) is 0 Å². The van der Waals surface area contributed by atoms with Crippen molar-refractivity contribution in [2.45, 2.75) is 78.6 Å². The molecule has 0 saturated heterocycles. The minimum Gasteiger partial charge on any atom is -0.482 e. The highest BCUT2D eigenvalue weighted by molar-refractivity contribution is 5.98. The Morgan fingerprint density at radius 2 is 1.90 bits per heavy atom. The number of methoxy groups -OCH3 is 1. The lowest BCUT2D eigenvalue weighted by Gasteiger charge is -2.30. The molecule has 0 aliphatic carbocycles. The molecule has 1 heterocycles. The third kappa shape index (κ3) is 10.6. The molecule has 1 aliphatic rings. The first-order chi connectivity index (χ1) is 19.5. The summed E-state index contributed by atoms with van der Waals surface area (Å²) in [7, 11) is 1.54. The van der Waals surface area contributed by atoms with E-state index in [0.29, 0.717) is 30.7 Å². The van der Waals surface area contributed by atoms with Crippen LogP contribution in [0, 0.1) is 17.8 Å². The standard InChI is InChI=1S/C32H48N2O7/c1-7-8-9-13-28(41-32(33)38)24(5)31(37)23(4)17-21(2)16-22(3)27(35)12-10-11-25-14-15-29-26(18-25)34(20-39-6)30(36)19-40-29/h8-11,14-16,18,22-24,27-28,31,35,37H,7,12-13,17,19-20H2,1-6H3,(H2,33,38)/b9-8-,11-10-,21-16-. The largest absolute Gasteiger partial charge is 0.482 e. The molecule has 228 valence electrons. The van der Waals surface area contributed by atoms with E-state index in [4.69, 9.17) is 19.9 Å². The van der Waals surface area contributed by atoms with Crippen LogP contribution in [-0.2, 0) is 14.3 Å². The van der Waals surface area contributed by atoms with E-state index in [1.807, 2.05) is 83.2 Å². The van der Waals surface area contributed by atoms with Gasteiger partial charge in [-0.15, -0.1) is 0 Å². The molecule has 6 atom stereocenters. The maximum absolute atomic E-state index is 12.2. The Morgan fingerprint density at radius 3 is 2.56 bits per heavy atom. The Balaban J connectivity index is 1.95. The van der Waals surface area contributed by atoms with Crippen LogP contribution in [-0.4, -0.2) is 61.0 Å². The smallest absolute Gasteiger partial charge is 0.404 e. The monoisotopic (exact) mass is 572 g/mol. The molecule has 0 saturated carbocycles. The van der Waals surface area contributed by atoms with Crippen molar-refractivity contribution in [3.63, 3.8) is 0 Å². The summed E-state index contributed by atoms with van der Waals surface area (Å²) in [6.45, 7) is 9.96. The SMILES string of the molecule is CC/C=C\CC(OC(N)=O)C(C)C(O)C(C)C/C(C)=C\C(C)C(O)C/C=C\c1ccc2c(c1)N(COC)C(=O)CO2. The molecule has 0 bridgehead atoms. The fourth-order valence-electron chi connectivity index (χ4n) is 5.06. The Bertz CT molecular complexity index is 1080. The average Bonchev–Trinajstić information content (AvgIpc) is 2.93. The highest BCUT2D eigenvalue weighted by Crippen LogP contribution is 2.33. The zero-order valence-corrected chi connectivity index (χ0v) is 25.3. The summed E-state index contributed by atoms with van der Waals surface area (Å²) in [4.78, 5) is 25.2. The fourth-order valence-corrected chi connectivity index (χ4v) is 5.06. The first-order valence-electron chi connectivity index (χ1n) is 14.4. The van der Waals surface area contributed by atoms with Crippen molar-refractivity contribution in [3.8, 4) is 5.75 Å². The number of amides is 2. The molecule has 2 rings (SSSR count). The molecule has 6 unspecified atom stereocenters. The normalized spacial score (nSPS) is 18.5. The summed E-state index contributed by atoms with van der Waals surface area (Å²) in [6, 6.07) is 5.60. The zero-order chi connectivity index (χ0) is 30.5. The molecular formula is C32H48N2O7. The van der Waals surface area contributed by atoms with Crippen LogP contribution in [0.4, 0.5) is 10.5 Å². The highest BCUT2D eigenvalue weighted by atomic mass is 16.6. The van der Waals surface area contributed by atoms with Crippen LogP contribution >= 0.6 is 0 Å². The van der Waals surface area contributed by atoms with Gasteiger partial charge < -0.3 is 30.2 Å². The van der Waals surface area contributed by atoms with E-state index < -0.39 is 24.4 Å². The second kappa shape index (κ2) is 17.0. The number of hydrogen-bond acceptors (Lipinski definition) is 7. The number of allylic oxidation sites excluding steroid dienone is 2. The summed E-state index contributed by atoms with van der Waals surface area (Å²) in [5.74, 6) is -0.0116. The molecule has 1 aromatic rings.